The lowest BCUT2D eigenvalue weighted by molar-refractivity contribution is -0.120. The highest BCUT2D eigenvalue weighted by molar-refractivity contribution is 5.80. The molecule has 1 aliphatic carbocycles. The molecule has 0 aromatic rings. The normalized spacial score (nSPS) is 42.7. The topological polar surface area (TPSA) is 29.1 Å². The predicted molar refractivity (Wildman–Crippen MR) is 52.3 cm³/mol. The first-order chi connectivity index (χ1) is 5.98. The van der Waals surface area contributed by atoms with Crippen molar-refractivity contribution in [3.63, 3.8) is 0 Å². The minimum atomic E-state index is 0.252. The number of hydrogen-bond donors (Lipinski definition) is 1. The fourth-order valence-electron chi connectivity index (χ4n) is 3.43. The molecule has 2 nitrogen and oxygen atoms in total. The third-order valence-electron chi connectivity index (χ3n) is 4.45. The van der Waals surface area contributed by atoms with Crippen LogP contribution in [0.1, 0.15) is 46.5 Å². The van der Waals surface area contributed by atoms with E-state index in [1.165, 1.54) is 19.3 Å². The van der Waals surface area contributed by atoms with E-state index in [4.69, 9.17) is 0 Å². The average molecular weight is 181 g/mol. The van der Waals surface area contributed by atoms with E-state index in [0.717, 1.165) is 6.42 Å². The third-order valence-corrected chi connectivity index (χ3v) is 4.45. The molecule has 0 bridgehead atoms. The number of amides is 1. The molecular weight excluding hydrogens is 162 g/mol. The minimum absolute atomic E-state index is 0.252. The summed E-state index contributed by atoms with van der Waals surface area (Å²) in [6, 6.07) is 0.373. The van der Waals surface area contributed by atoms with Crippen LogP contribution in [0.3, 0.4) is 0 Å². The van der Waals surface area contributed by atoms with Gasteiger partial charge in [-0.15, -0.1) is 0 Å². The molecule has 1 saturated carbocycles. The molecule has 13 heavy (non-hydrogen) atoms. The first-order valence-electron chi connectivity index (χ1n) is 5.27. The number of nitrogens with one attached hydrogen (secondary N) is 1. The molecule has 1 spiro atoms. The zero-order valence-electron chi connectivity index (χ0n) is 8.81. The summed E-state index contributed by atoms with van der Waals surface area (Å²) in [4.78, 5) is 11.4. The fourth-order valence-corrected chi connectivity index (χ4v) is 3.43. The Hall–Kier alpha value is -0.530. The van der Waals surface area contributed by atoms with Crippen molar-refractivity contribution in [3.05, 3.63) is 0 Å². The van der Waals surface area contributed by atoms with E-state index < -0.39 is 0 Å². The molecule has 2 rings (SSSR count). The number of hydrogen-bond acceptors (Lipinski definition) is 1. The standard InChI is InChI=1S/C11H19NO/c1-8-11(7-9(13)12-8)6-4-5-10(11,2)3/h8H,4-7H2,1-3H3,(H,12,13). The van der Waals surface area contributed by atoms with Crippen LogP contribution in [0.4, 0.5) is 0 Å². The van der Waals surface area contributed by atoms with Crippen LogP contribution in [0.5, 0.6) is 0 Å². The SMILES string of the molecule is CC1NC(=O)CC12CCCC2(C)C. The van der Waals surface area contributed by atoms with Gasteiger partial charge in [-0.05, 0) is 25.2 Å². The van der Waals surface area contributed by atoms with Crippen molar-refractivity contribution in [1.82, 2.24) is 5.32 Å². The molecule has 2 atom stereocenters. The van der Waals surface area contributed by atoms with Crippen LogP contribution < -0.4 is 5.32 Å². The van der Waals surface area contributed by atoms with Crippen molar-refractivity contribution in [2.75, 3.05) is 0 Å². The molecule has 1 saturated heterocycles. The quantitative estimate of drug-likeness (QED) is 0.609. The molecule has 2 aliphatic rings. The molecule has 1 amide bonds. The average Bonchev–Trinajstić information content (AvgIpc) is 2.40. The Balaban J connectivity index is 2.34. The van der Waals surface area contributed by atoms with Crippen LogP contribution in [-0.4, -0.2) is 11.9 Å². The summed E-state index contributed by atoms with van der Waals surface area (Å²) >= 11 is 0. The maximum Gasteiger partial charge on any atom is 0.220 e. The number of carbonyl (C=O) groups excluding carboxylic acids is 1. The Morgan fingerprint density at radius 1 is 1.38 bits per heavy atom. The predicted octanol–water partition coefficient (Wildman–Crippen LogP) is 2.09. The summed E-state index contributed by atoms with van der Waals surface area (Å²) in [6.07, 6.45) is 4.53. The van der Waals surface area contributed by atoms with Gasteiger partial charge in [0.15, 0.2) is 0 Å². The van der Waals surface area contributed by atoms with Gasteiger partial charge >= 0.3 is 0 Å². The van der Waals surface area contributed by atoms with Crippen molar-refractivity contribution < 1.29 is 4.79 Å². The van der Waals surface area contributed by atoms with E-state index in [-0.39, 0.29) is 11.3 Å². The first kappa shape index (κ1) is 9.04. The molecule has 2 heteroatoms. The molecule has 74 valence electrons. The highest BCUT2D eigenvalue weighted by Crippen LogP contribution is 2.58. The minimum Gasteiger partial charge on any atom is -0.353 e. The second-order valence-electron chi connectivity index (χ2n) is 5.36. The van der Waals surface area contributed by atoms with Gasteiger partial charge in [0.2, 0.25) is 5.91 Å². The molecule has 0 radical (unpaired) electrons. The summed E-state index contributed by atoms with van der Waals surface area (Å²) in [5, 5.41) is 3.07. The molecular formula is C11H19NO. The van der Waals surface area contributed by atoms with Gasteiger partial charge in [-0.3, -0.25) is 4.79 Å². The van der Waals surface area contributed by atoms with Gasteiger partial charge in [-0.2, -0.15) is 0 Å². The van der Waals surface area contributed by atoms with E-state index in [2.05, 4.69) is 26.1 Å². The van der Waals surface area contributed by atoms with Crippen LogP contribution in [0, 0.1) is 10.8 Å². The summed E-state index contributed by atoms with van der Waals surface area (Å²) in [7, 11) is 0. The summed E-state index contributed by atoms with van der Waals surface area (Å²) in [5.41, 5.74) is 0.593. The maximum absolute atomic E-state index is 11.4. The smallest absolute Gasteiger partial charge is 0.220 e. The summed E-state index contributed by atoms with van der Waals surface area (Å²) in [5.74, 6) is 0.252. The van der Waals surface area contributed by atoms with Crippen molar-refractivity contribution >= 4 is 5.91 Å². The van der Waals surface area contributed by atoms with E-state index in [0.29, 0.717) is 11.5 Å². The highest BCUT2D eigenvalue weighted by Gasteiger charge is 2.56. The Bertz CT molecular complexity index is 246. The van der Waals surface area contributed by atoms with Crippen molar-refractivity contribution in [2.45, 2.75) is 52.5 Å². The van der Waals surface area contributed by atoms with E-state index in [1.54, 1.807) is 0 Å². The van der Waals surface area contributed by atoms with Gasteiger partial charge < -0.3 is 5.32 Å². The van der Waals surface area contributed by atoms with Gasteiger partial charge in [0.25, 0.3) is 0 Å². The molecule has 1 heterocycles. The Labute approximate surface area is 80.1 Å². The van der Waals surface area contributed by atoms with E-state index in [1.807, 2.05) is 0 Å². The zero-order valence-corrected chi connectivity index (χ0v) is 8.81. The second kappa shape index (κ2) is 2.49. The van der Waals surface area contributed by atoms with Crippen LogP contribution >= 0.6 is 0 Å². The number of rotatable bonds is 0. The Kier molecular flexibility index (Phi) is 1.73. The lowest BCUT2D eigenvalue weighted by Crippen LogP contribution is -2.41. The highest BCUT2D eigenvalue weighted by atomic mass is 16.2. The molecule has 2 fully saturated rings. The van der Waals surface area contributed by atoms with Crippen molar-refractivity contribution in [3.8, 4) is 0 Å². The lowest BCUT2D eigenvalue weighted by Gasteiger charge is -2.40. The summed E-state index contributed by atoms with van der Waals surface area (Å²) in [6.45, 7) is 6.80. The van der Waals surface area contributed by atoms with Crippen LogP contribution in [0.15, 0.2) is 0 Å². The fraction of sp³-hybridized carbons (Fsp3) is 0.909. The van der Waals surface area contributed by atoms with Crippen molar-refractivity contribution in [1.29, 1.82) is 0 Å². The zero-order chi connectivity index (χ0) is 9.69. The lowest BCUT2D eigenvalue weighted by atomic mass is 9.64. The Morgan fingerprint density at radius 2 is 2.08 bits per heavy atom. The van der Waals surface area contributed by atoms with Gasteiger partial charge in [0, 0.05) is 17.9 Å². The van der Waals surface area contributed by atoms with Crippen molar-refractivity contribution in [2.24, 2.45) is 10.8 Å². The van der Waals surface area contributed by atoms with Crippen LogP contribution in [0.2, 0.25) is 0 Å². The van der Waals surface area contributed by atoms with Gasteiger partial charge in [-0.25, -0.2) is 0 Å². The Morgan fingerprint density at radius 3 is 2.46 bits per heavy atom. The van der Waals surface area contributed by atoms with Gasteiger partial charge in [-0.1, -0.05) is 20.3 Å². The van der Waals surface area contributed by atoms with Gasteiger partial charge in [0.05, 0.1) is 0 Å². The van der Waals surface area contributed by atoms with E-state index >= 15 is 0 Å². The monoisotopic (exact) mass is 181 g/mol. The maximum atomic E-state index is 11.4. The first-order valence-corrected chi connectivity index (χ1v) is 5.27. The largest absolute Gasteiger partial charge is 0.353 e. The molecule has 0 aromatic carbocycles. The van der Waals surface area contributed by atoms with E-state index in [9.17, 15) is 4.79 Å². The summed E-state index contributed by atoms with van der Waals surface area (Å²) < 4.78 is 0. The molecule has 0 aromatic heterocycles. The molecule has 1 N–H and O–H groups in total. The van der Waals surface area contributed by atoms with Crippen LogP contribution in [-0.2, 0) is 4.79 Å². The molecule has 1 aliphatic heterocycles. The van der Waals surface area contributed by atoms with Crippen LogP contribution in [0.25, 0.3) is 0 Å². The number of carbonyl (C=O) groups is 1. The second-order valence-corrected chi connectivity index (χ2v) is 5.36. The molecule has 2 unspecified atom stereocenters. The van der Waals surface area contributed by atoms with Gasteiger partial charge in [0.1, 0.15) is 0 Å². The third kappa shape index (κ3) is 1.04.